The van der Waals surface area contributed by atoms with Gasteiger partial charge in [-0.2, -0.15) is 5.10 Å². The maximum Gasteiger partial charge on any atom is 0.156 e. The number of piperidine rings is 1. The number of benzene rings is 2. The average molecular weight is 502 g/mol. The van der Waals surface area contributed by atoms with Gasteiger partial charge in [-0.1, -0.05) is 0 Å². The van der Waals surface area contributed by atoms with E-state index in [-0.39, 0.29) is 5.69 Å². The quantitative estimate of drug-likeness (QED) is 0.368. The standard InChI is InChI=1S/C27H25F2N7O/c1-35-9-7-23(19(28)14-35)37-24-11-16(17-12-33-36(2)13-17)10-22-25(24)27(32-15-31-22)34-21-6-5-20-18(26(21)29)4-3-8-30-20/h3-6,8,10-13,15,19,23H,7,9,14H2,1-2H3,(H,31,32,34)/t19-,23-/m0/s1. The number of fused-ring (bicyclic) bond motifs is 2. The molecule has 0 aliphatic carbocycles. The molecule has 1 aliphatic rings. The van der Waals surface area contributed by atoms with Crippen LogP contribution in [-0.2, 0) is 7.05 Å². The molecule has 0 bridgehead atoms. The Hall–Kier alpha value is -4.18. The molecule has 0 unspecified atom stereocenters. The third-order valence-electron chi connectivity index (χ3n) is 6.68. The average Bonchev–Trinajstić information content (AvgIpc) is 3.33. The van der Waals surface area contributed by atoms with Gasteiger partial charge in [0.05, 0.1) is 28.3 Å². The molecule has 8 nitrogen and oxygen atoms in total. The van der Waals surface area contributed by atoms with E-state index >= 15 is 4.39 Å². The van der Waals surface area contributed by atoms with Gasteiger partial charge in [-0.15, -0.1) is 0 Å². The highest BCUT2D eigenvalue weighted by Crippen LogP contribution is 2.38. The maximum absolute atomic E-state index is 15.4. The number of rotatable bonds is 5. The highest BCUT2D eigenvalue weighted by Gasteiger charge is 2.30. The predicted octanol–water partition coefficient (Wildman–Crippen LogP) is 4.88. The first-order valence-electron chi connectivity index (χ1n) is 12.0. The molecule has 4 heterocycles. The highest BCUT2D eigenvalue weighted by molar-refractivity contribution is 5.99. The summed E-state index contributed by atoms with van der Waals surface area (Å²) in [6, 6.07) is 10.5. The summed E-state index contributed by atoms with van der Waals surface area (Å²) in [5, 5.41) is 8.32. The molecule has 0 amide bonds. The number of ether oxygens (including phenoxy) is 1. The van der Waals surface area contributed by atoms with Gasteiger partial charge < -0.3 is 15.0 Å². The smallest absolute Gasteiger partial charge is 0.156 e. The molecular formula is C27H25F2N7O. The minimum absolute atomic E-state index is 0.241. The number of aromatic nitrogens is 5. The van der Waals surface area contributed by atoms with E-state index in [1.165, 1.54) is 6.33 Å². The third kappa shape index (κ3) is 4.44. The van der Waals surface area contributed by atoms with Crippen LogP contribution < -0.4 is 10.1 Å². The van der Waals surface area contributed by atoms with E-state index in [0.717, 1.165) is 17.7 Å². The van der Waals surface area contributed by atoms with Crippen LogP contribution in [0.25, 0.3) is 32.9 Å². The van der Waals surface area contributed by atoms with Crippen molar-refractivity contribution in [2.45, 2.75) is 18.7 Å². The number of halogens is 2. The van der Waals surface area contributed by atoms with Crippen LogP contribution >= 0.6 is 0 Å². The van der Waals surface area contributed by atoms with Crippen LogP contribution in [0.15, 0.2) is 61.3 Å². The van der Waals surface area contributed by atoms with Crippen molar-refractivity contribution in [2.24, 2.45) is 7.05 Å². The van der Waals surface area contributed by atoms with E-state index in [2.05, 4.69) is 25.4 Å². The number of pyridine rings is 1. The zero-order valence-corrected chi connectivity index (χ0v) is 20.4. The molecule has 1 aliphatic heterocycles. The first-order valence-corrected chi connectivity index (χ1v) is 12.0. The lowest BCUT2D eigenvalue weighted by atomic mass is 10.0. The first-order chi connectivity index (χ1) is 18.0. The van der Waals surface area contributed by atoms with Gasteiger partial charge in [-0.3, -0.25) is 9.67 Å². The zero-order chi connectivity index (χ0) is 25.5. The van der Waals surface area contributed by atoms with Crippen LogP contribution in [0.1, 0.15) is 6.42 Å². The second kappa shape index (κ2) is 9.36. The predicted molar refractivity (Wildman–Crippen MR) is 138 cm³/mol. The van der Waals surface area contributed by atoms with E-state index in [9.17, 15) is 4.39 Å². The van der Waals surface area contributed by atoms with Gasteiger partial charge in [0.2, 0.25) is 0 Å². The van der Waals surface area contributed by atoms with Crippen LogP contribution in [0.4, 0.5) is 20.3 Å². The molecule has 0 saturated carbocycles. The number of nitrogens with zero attached hydrogens (tertiary/aromatic N) is 6. The first kappa shape index (κ1) is 23.2. The number of nitrogens with one attached hydrogen (secondary N) is 1. The molecule has 2 atom stereocenters. The van der Waals surface area contributed by atoms with Crippen molar-refractivity contribution in [3.05, 3.63) is 67.1 Å². The van der Waals surface area contributed by atoms with E-state index in [4.69, 9.17) is 4.74 Å². The van der Waals surface area contributed by atoms with Crippen molar-refractivity contribution in [2.75, 3.05) is 25.5 Å². The molecule has 1 saturated heterocycles. The summed E-state index contributed by atoms with van der Waals surface area (Å²) in [7, 11) is 3.73. The van der Waals surface area contributed by atoms with Gasteiger partial charge in [0.15, 0.2) is 5.82 Å². The van der Waals surface area contributed by atoms with Gasteiger partial charge in [-0.05, 0) is 55.4 Å². The number of hydrogen-bond donors (Lipinski definition) is 1. The maximum atomic E-state index is 15.4. The third-order valence-corrected chi connectivity index (χ3v) is 6.68. The molecule has 1 fully saturated rings. The van der Waals surface area contributed by atoms with Crippen LogP contribution in [0, 0.1) is 5.82 Å². The van der Waals surface area contributed by atoms with E-state index in [1.54, 1.807) is 41.3 Å². The minimum Gasteiger partial charge on any atom is -0.486 e. The Morgan fingerprint density at radius 2 is 1.95 bits per heavy atom. The summed E-state index contributed by atoms with van der Waals surface area (Å²) in [5.74, 6) is 0.355. The minimum atomic E-state index is -1.15. The highest BCUT2D eigenvalue weighted by atomic mass is 19.1. The Bertz CT molecular complexity index is 1610. The Labute approximate surface area is 211 Å². The van der Waals surface area contributed by atoms with Gasteiger partial charge in [0, 0.05) is 43.5 Å². The second-order valence-electron chi connectivity index (χ2n) is 9.34. The Balaban J connectivity index is 1.47. The molecule has 6 rings (SSSR count). The van der Waals surface area contributed by atoms with Crippen LogP contribution in [0.5, 0.6) is 5.75 Å². The van der Waals surface area contributed by atoms with E-state index in [1.807, 2.05) is 37.3 Å². The Morgan fingerprint density at radius 1 is 1.05 bits per heavy atom. The molecular weight excluding hydrogens is 476 g/mol. The van der Waals surface area contributed by atoms with Crippen LogP contribution in [0.2, 0.25) is 0 Å². The summed E-state index contributed by atoms with van der Waals surface area (Å²) >= 11 is 0. The van der Waals surface area contributed by atoms with Crippen LogP contribution in [-0.4, -0.2) is 62.0 Å². The monoisotopic (exact) mass is 501 g/mol. The Morgan fingerprint density at radius 3 is 2.76 bits per heavy atom. The molecule has 37 heavy (non-hydrogen) atoms. The molecule has 1 N–H and O–H groups in total. The SMILES string of the molecule is CN1CC[C@H](Oc2cc(-c3cnn(C)c3)cc3ncnc(Nc4ccc5ncccc5c4F)c23)[C@@H](F)C1. The van der Waals surface area contributed by atoms with Crippen molar-refractivity contribution < 1.29 is 13.5 Å². The van der Waals surface area contributed by atoms with E-state index < -0.39 is 18.1 Å². The van der Waals surface area contributed by atoms with Crippen molar-refractivity contribution >= 4 is 33.3 Å². The summed E-state index contributed by atoms with van der Waals surface area (Å²) in [4.78, 5) is 15.0. The summed E-state index contributed by atoms with van der Waals surface area (Å²) in [5.41, 5.74) is 3.08. The van der Waals surface area contributed by atoms with Crippen molar-refractivity contribution in [3.8, 4) is 16.9 Å². The van der Waals surface area contributed by atoms with Gasteiger partial charge in [0.25, 0.3) is 0 Å². The largest absolute Gasteiger partial charge is 0.486 e. The number of likely N-dealkylation sites (tertiary alicyclic amines) is 1. The fourth-order valence-electron chi connectivity index (χ4n) is 4.75. The van der Waals surface area contributed by atoms with Crippen LogP contribution in [0.3, 0.4) is 0 Å². The molecule has 188 valence electrons. The normalized spacial score (nSPS) is 18.4. The summed E-state index contributed by atoms with van der Waals surface area (Å²) in [6.07, 6.45) is 5.43. The summed E-state index contributed by atoms with van der Waals surface area (Å²) < 4.78 is 38.4. The number of alkyl halides is 1. The number of hydrogen-bond acceptors (Lipinski definition) is 7. The molecule has 0 spiro atoms. The van der Waals surface area contributed by atoms with Gasteiger partial charge in [0.1, 0.15) is 30.2 Å². The molecule has 3 aromatic heterocycles. The fourth-order valence-corrected chi connectivity index (χ4v) is 4.75. The van der Waals surface area contributed by atoms with Crippen molar-refractivity contribution in [3.63, 3.8) is 0 Å². The Kier molecular flexibility index (Phi) is 5.88. The lowest BCUT2D eigenvalue weighted by Crippen LogP contribution is -2.45. The molecule has 5 aromatic rings. The fraction of sp³-hybridized carbons (Fsp3) is 0.259. The van der Waals surface area contributed by atoms with Gasteiger partial charge in [-0.25, -0.2) is 18.7 Å². The van der Waals surface area contributed by atoms with Gasteiger partial charge >= 0.3 is 0 Å². The zero-order valence-electron chi connectivity index (χ0n) is 20.4. The van der Waals surface area contributed by atoms with Crippen molar-refractivity contribution in [1.82, 2.24) is 29.6 Å². The molecule has 10 heteroatoms. The molecule has 0 radical (unpaired) electrons. The van der Waals surface area contributed by atoms with E-state index in [0.29, 0.717) is 46.3 Å². The second-order valence-corrected chi connectivity index (χ2v) is 9.34. The topological polar surface area (TPSA) is 81.0 Å². The summed E-state index contributed by atoms with van der Waals surface area (Å²) in [6.45, 7) is 1.02. The number of aryl methyl sites for hydroxylation is 1. The number of anilines is 2. The van der Waals surface area contributed by atoms with Crippen molar-refractivity contribution in [1.29, 1.82) is 0 Å². The lowest BCUT2D eigenvalue weighted by molar-refractivity contribution is 0.0323. The lowest BCUT2D eigenvalue weighted by Gasteiger charge is -2.32. The molecule has 2 aromatic carbocycles.